The Hall–Kier alpha value is -2.37. The first-order valence-corrected chi connectivity index (χ1v) is 4.88. The Balaban J connectivity index is 2.50. The molecule has 6 nitrogen and oxygen atoms in total. The maximum absolute atomic E-state index is 11.0. The largest absolute Gasteiger partial charge is 0.415 e. The number of benzene rings is 1. The predicted molar refractivity (Wildman–Crippen MR) is 61.5 cm³/mol. The van der Waals surface area contributed by atoms with Crippen molar-refractivity contribution in [2.45, 2.75) is 13.5 Å². The molecule has 0 aliphatic rings. The van der Waals surface area contributed by atoms with Crippen molar-refractivity contribution in [2.24, 2.45) is 5.73 Å². The normalized spacial score (nSPS) is 9.47. The van der Waals surface area contributed by atoms with Gasteiger partial charge in [-0.05, 0) is 5.56 Å². The Kier molecular flexibility index (Phi) is 4.21. The number of ether oxygens (including phenoxy) is 1. The van der Waals surface area contributed by atoms with Crippen LogP contribution in [0.2, 0.25) is 0 Å². The van der Waals surface area contributed by atoms with Gasteiger partial charge in [0.25, 0.3) is 0 Å². The van der Waals surface area contributed by atoms with Crippen LogP contribution in [0.5, 0.6) is 0 Å². The number of nitrogens with one attached hydrogen (secondary N) is 2. The maximum Gasteiger partial charge on any atom is 0.415 e. The molecule has 0 unspecified atom stereocenters. The molecule has 0 atom stereocenters. The van der Waals surface area contributed by atoms with Crippen LogP contribution in [-0.4, -0.2) is 17.9 Å². The van der Waals surface area contributed by atoms with Crippen molar-refractivity contribution in [3.8, 4) is 0 Å². The summed E-state index contributed by atoms with van der Waals surface area (Å²) < 4.78 is 4.29. The molecule has 0 heterocycles. The van der Waals surface area contributed by atoms with Gasteiger partial charge in [0, 0.05) is 19.0 Å². The lowest BCUT2D eigenvalue weighted by atomic mass is 10.1. The van der Waals surface area contributed by atoms with Crippen molar-refractivity contribution in [3.63, 3.8) is 0 Å². The number of carbonyl (C=O) groups is 2. The quantitative estimate of drug-likeness (QED) is 0.311. The number of nitrogens with two attached hydrogens (primary N) is 1. The molecular formula is C11H13N3O3. The molecule has 6 heteroatoms. The van der Waals surface area contributed by atoms with E-state index in [1.165, 1.54) is 0 Å². The van der Waals surface area contributed by atoms with Crippen molar-refractivity contribution < 1.29 is 14.3 Å². The number of alkyl carbamates (subject to hydrolysis) is 1. The number of nitrogen functional groups attached to an aromatic ring is 1. The summed E-state index contributed by atoms with van der Waals surface area (Å²) in [5.74, 6) is -0.671. The van der Waals surface area contributed by atoms with Gasteiger partial charge < -0.3 is 15.8 Å². The SMILES string of the molecule is CC(=O)OC(=O)NCc1ccc(C(=N)N)cc1. The molecule has 17 heavy (non-hydrogen) atoms. The number of hydrogen-bond acceptors (Lipinski definition) is 4. The molecule has 1 amide bonds. The molecule has 0 spiro atoms. The van der Waals surface area contributed by atoms with Gasteiger partial charge in [-0.25, -0.2) is 4.79 Å². The molecule has 0 fully saturated rings. The summed E-state index contributed by atoms with van der Waals surface area (Å²) in [6, 6.07) is 6.81. The van der Waals surface area contributed by atoms with E-state index in [1.54, 1.807) is 24.3 Å². The molecule has 1 rings (SSSR count). The van der Waals surface area contributed by atoms with Crippen LogP contribution < -0.4 is 11.1 Å². The molecule has 0 aromatic heterocycles. The van der Waals surface area contributed by atoms with Gasteiger partial charge in [0.1, 0.15) is 5.84 Å². The van der Waals surface area contributed by atoms with Crippen LogP contribution in [0.3, 0.4) is 0 Å². The van der Waals surface area contributed by atoms with E-state index in [2.05, 4.69) is 10.1 Å². The fourth-order valence-electron chi connectivity index (χ4n) is 1.14. The van der Waals surface area contributed by atoms with Gasteiger partial charge in [-0.1, -0.05) is 24.3 Å². The first-order valence-electron chi connectivity index (χ1n) is 4.88. The van der Waals surface area contributed by atoms with Crippen molar-refractivity contribution in [1.82, 2.24) is 5.32 Å². The topological polar surface area (TPSA) is 105 Å². The smallest absolute Gasteiger partial charge is 0.384 e. The number of amides is 1. The third-order valence-electron chi connectivity index (χ3n) is 1.94. The number of rotatable bonds is 3. The summed E-state index contributed by atoms with van der Waals surface area (Å²) in [5.41, 5.74) is 6.72. The summed E-state index contributed by atoms with van der Waals surface area (Å²) in [6.07, 6.45) is -0.784. The molecule has 0 saturated carbocycles. The summed E-state index contributed by atoms with van der Waals surface area (Å²) in [5, 5.41) is 9.62. The molecule has 90 valence electrons. The van der Waals surface area contributed by atoms with Crippen LogP contribution in [0.15, 0.2) is 24.3 Å². The minimum Gasteiger partial charge on any atom is -0.384 e. The summed E-state index contributed by atoms with van der Waals surface area (Å²) in [4.78, 5) is 21.5. The van der Waals surface area contributed by atoms with Crippen molar-refractivity contribution in [1.29, 1.82) is 5.41 Å². The zero-order valence-corrected chi connectivity index (χ0v) is 9.32. The molecule has 4 N–H and O–H groups in total. The van der Waals surface area contributed by atoms with Crippen molar-refractivity contribution >= 4 is 17.9 Å². The van der Waals surface area contributed by atoms with Gasteiger partial charge >= 0.3 is 12.1 Å². The molecular weight excluding hydrogens is 222 g/mol. The second kappa shape index (κ2) is 5.64. The van der Waals surface area contributed by atoms with E-state index < -0.39 is 12.1 Å². The van der Waals surface area contributed by atoms with E-state index in [9.17, 15) is 9.59 Å². The second-order valence-corrected chi connectivity index (χ2v) is 3.35. The standard InChI is InChI=1S/C11H13N3O3/c1-7(15)17-11(16)14-6-8-2-4-9(5-3-8)10(12)13/h2-5H,6H2,1H3,(H3,12,13)(H,14,16). The van der Waals surface area contributed by atoms with Crippen molar-refractivity contribution in [3.05, 3.63) is 35.4 Å². The van der Waals surface area contributed by atoms with E-state index in [0.29, 0.717) is 5.56 Å². The maximum atomic E-state index is 11.0. The minimum atomic E-state index is -0.784. The van der Waals surface area contributed by atoms with Crippen LogP contribution in [-0.2, 0) is 16.1 Å². The Morgan fingerprint density at radius 1 is 1.35 bits per heavy atom. The highest BCUT2D eigenvalue weighted by atomic mass is 16.6. The van der Waals surface area contributed by atoms with Crippen LogP contribution in [0.4, 0.5) is 4.79 Å². The van der Waals surface area contributed by atoms with Crippen LogP contribution in [0, 0.1) is 5.41 Å². The molecule has 1 aromatic rings. The van der Waals surface area contributed by atoms with Gasteiger partial charge in [-0.2, -0.15) is 0 Å². The molecule has 1 aromatic carbocycles. The molecule has 0 radical (unpaired) electrons. The van der Waals surface area contributed by atoms with Crippen LogP contribution in [0.1, 0.15) is 18.1 Å². The summed E-state index contributed by atoms with van der Waals surface area (Å²) in [7, 11) is 0. The Bertz CT molecular complexity index is 440. The minimum absolute atomic E-state index is 0.0134. The lowest BCUT2D eigenvalue weighted by Gasteiger charge is -2.05. The van der Waals surface area contributed by atoms with E-state index in [1.807, 2.05) is 0 Å². The highest BCUT2D eigenvalue weighted by Gasteiger charge is 2.04. The number of esters is 1. The van der Waals surface area contributed by atoms with Gasteiger partial charge in [-0.3, -0.25) is 10.2 Å². The lowest BCUT2D eigenvalue weighted by Crippen LogP contribution is -2.25. The van der Waals surface area contributed by atoms with Gasteiger partial charge in [0.05, 0.1) is 0 Å². The van der Waals surface area contributed by atoms with Gasteiger partial charge in [0.15, 0.2) is 0 Å². The molecule has 0 aliphatic heterocycles. The number of carbonyl (C=O) groups excluding carboxylic acids is 2. The molecule has 0 saturated heterocycles. The average molecular weight is 235 g/mol. The van der Waals surface area contributed by atoms with E-state index >= 15 is 0 Å². The molecule has 0 aliphatic carbocycles. The zero-order valence-electron chi connectivity index (χ0n) is 9.32. The monoisotopic (exact) mass is 235 g/mol. The number of amidine groups is 1. The van der Waals surface area contributed by atoms with Crippen LogP contribution >= 0.6 is 0 Å². The Labute approximate surface area is 98.3 Å². The van der Waals surface area contributed by atoms with Gasteiger partial charge in [-0.15, -0.1) is 0 Å². The number of hydrogen-bond donors (Lipinski definition) is 3. The second-order valence-electron chi connectivity index (χ2n) is 3.35. The summed E-state index contributed by atoms with van der Waals surface area (Å²) in [6.45, 7) is 1.39. The predicted octanol–water partition coefficient (Wildman–Crippen LogP) is 0.743. The van der Waals surface area contributed by atoms with E-state index in [0.717, 1.165) is 12.5 Å². The van der Waals surface area contributed by atoms with Crippen molar-refractivity contribution in [2.75, 3.05) is 0 Å². The highest BCUT2D eigenvalue weighted by Crippen LogP contribution is 2.03. The first kappa shape index (κ1) is 12.7. The highest BCUT2D eigenvalue weighted by molar-refractivity contribution is 5.94. The van der Waals surface area contributed by atoms with Crippen LogP contribution in [0.25, 0.3) is 0 Å². The third-order valence-corrected chi connectivity index (χ3v) is 1.94. The third kappa shape index (κ3) is 4.33. The fraction of sp³-hybridized carbons (Fsp3) is 0.182. The zero-order chi connectivity index (χ0) is 12.8. The first-order chi connectivity index (χ1) is 7.99. The van der Waals surface area contributed by atoms with Gasteiger partial charge in [0.2, 0.25) is 0 Å². The molecule has 0 bridgehead atoms. The Morgan fingerprint density at radius 2 is 1.94 bits per heavy atom. The fourth-order valence-corrected chi connectivity index (χ4v) is 1.14. The average Bonchev–Trinajstić information content (AvgIpc) is 2.26. The Morgan fingerprint density at radius 3 is 2.41 bits per heavy atom. The summed E-state index contributed by atoms with van der Waals surface area (Å²) >= 11 is 0. The van der Waals surface area contributed by atoms with E-state index in [4.69, 9.17) is 11.1 Å². The van der Waals surface area contributed by atoms with E-state index in [-0.39, 0.29) is 12.4 Å². The lowest BCUT2D eigenvalue weighted by molar-refractivity contribution is -0.134.